The molecular weight excluding hydrogens is 350 g/mol. The average molecular weight is 378 g/mol. The van der Waals surface area contributed by atoms with Crippen molar-refractivity contribution in [3.8, 4) is 0 Å². The van der Waals surface area contributed by atoms with E-state index < -0.39 is 0 Å². The Hall–Kier alpha value is -1.97. The number of hydrogen-bond acceptors (Lipinski definition) is 6. The summed E-state index contributed by atoms with van der Waals surface area (Å²) in [6.45, 7) is 7.67. The van der Waals surface area contributed by atoms with Gasteiger partial charge in [0.2, 0.25) is 0 Å². The third kappa shape index (κ3) is 5.03. The summed E-state index contributed by atoms with van der Waals surface area (Å²) >= 11 is 1.80. The Kier molecular flexibility index (Phi) is 6.98. The molecule has 26 heavy (non-hydrogen) atoms. The highest BCUT2D eigenvalue weighted by atomic mass is 32.1. The maximum atomic E-state index is 5.51. The molecule has 1 atom stereocenters. The van der Waals surface area contributed by atoms with Crippen LogP contribution in [0.3, 0.4) is 0 Å². The molecule has 1 unspecified atom stereocenters. The number of aliphatic imine (C=N–C) groups is 1. The molecule has 0 spiro atoms. The largest absolute Gasteiger partial charge is 0.379 e. The van der Waals surface area contributed by atoms with Crippen molar-refractivity contribution in [3.63, 3.8) is 0 Å². The van der Waals surface area contributed by atoms with Crippen LogP contribution in [0.1, 0.15) is 23.7 Å². The van der Waals surface area contributed by atoms with Crippen molar-refractivity contribution in [1.82, 2.24) is 30.3 Å². The van der Waals surface area contributed by atoms with E-state index >= 15 is 0 Å². The lowest BCUT2D eigenvalue weighted by Gasteiger charge is -2.34. The molecule has 2 N–H and O–H groups in total. The number of thiophene rings is 1. The lowest BCUT2D eigenvalue weighted by Crippen LogP contribution is -2.46. The topological polar surface area (TPSA) is 79.6 Å². The molecule has 3 heterocycles. The van der Waals surface area contributed by atoms with Gasteiger partial charge in [-0.15, -0.1) is 11.3 Å². The van der Waals surface area contributed by atoms with Gasteiger partial charge in [0.25, 0.3) is 0 Å². The molecule has 1 saturated heterocycles. The van der Waals surface area contributed by atoms with Gasteiger partial charge in [-0.2, -0.15) is 5.10 Å². The van der Waals surface area contributed by atoms with E-state index in [-0.39, 0.29) is 0 Å². The number of guanidine groups is 1. The van der Waals surface area contributed by atoms with Crippen molar-refractivity contribution in [2.24, 2.45) is 12.0 Å². The number of rotatable bonds is 7. The van der Waals surface area contributed by atoms with Crippen LogP contribution >= 0.6 is 11.3 Å². The van der Waals surface area contributed by atoms with Gasteiger partial charge in [-0.25, -0.2) is 9.98 Å². The standard InChI is InChI=1S/C17H27N7OS/c1-3-18-17(20-12-16-21-13-22-23(16)2)19-11-14(15-5-4-10-26-15)24-6-8-25-9-7-24/h4-5,10,13-14H,3,6-9,11-12H2,1-2H3,(H2,18,19,20). The first-order valence-corrected chi connectivity index (χ1v) is 9.86. The summed E-state index contributed by atoms with van der Waals surface area (Å²) in [5.41, 5.74) is 0. The Labute approximate surface area is 158 Å². The minimum absolute atomic E-state index is 0.317. The molecule has 0 aliphatic carbocycles. The summed E-state index contributed by atoms with van der Waals surface area (Å²) in [7, 11) is 1.88. The van der Waals surface area contributed by atoms with Crippen molar-refractivity contribution in [3.05, 3.63) is 34.5 Å². The molecule has 8 nitrogen and oxygen atoms in total. The lowest BCUT2D eigenvalue weighted by atomic mass is 10.2. The van der Waals surface area contributed by atoms with E-state index in [0.717, 1.165) is 51.2 Å². The highest BCUT2D eigenvalue weighted by molar-refractivity contribution is 7.10. The van der Waals surface area contributed by atoms with Crippen LogP contribution in [0.4, 0.5) is 0 Å². The minimum atomic E-state index is 0.317. The molecule has 0 aromatic carbocycles. The van der Waals surface area contributed by atoms with Gasteiger partial charge in [-0.1, -0.05) is 6.07 Å². The van der Waals surface area contributed by atoms with Crippen LogP contribution < -0.4 is 10.6 Å². The first-order chi connectivity index (χ1) is 12.8. The maximum absolute atomic E-state index is 5.51. The zero-order chi connectivity index (χ0) is 18.2. The smallest absolute Gasteiger partial charge is 0.191 e. The fourth-order valence-corrected chi connectivity index (χ4v) is 3.79. The minimum Gasteiger partial charge on any atom is -0.379 e. The number of hydrogen-bond donors (Lipinski definition) is 2. The Bertz CT molecular complexity index is 679. The zero-order valence-corrected chi connectivity index (χ0v) is 16.2. The van der Waals surface area contributed by atoms with E-state index in [1.807, 2.05) is 7.05 Å². The van der Waals surface area contributed by atoms with Gasteiger partial charge in [0.15, 0.2) is 5.96 Å². The van der Waals surface area contributed by atoms with E-state index in [2.05, 4.69) is 55.0 Å². The van der Waals surface area contributed by atoms with Crippen molar-refractivity contribution < 1.29 is 4.74 Å². The van der Waals surface area contributed by atoms with Crippen LogP contribution in [0.15, 0.2) is 28.8 Å². The predicted octanol–water partition coefficient (Wildman–Crippen LogP) is 1.01. The van der Waals surface area contributed by atoms with Gasteiger partial charge in [0.05, 0.1) is 19.3 Å². The fraction of sp³-hybridized carbons (Fsp3) is 0.588. The molecule has 1 aliphatic rings. The summed E-state index contributed by atoms with van der Waals surface area (Å²) in [5, 5.41) is 13.0. The average Bonchev–Trinajstić information content (AvgIpc) is 3.33. The third-order valence-electron chi connectivity index (χ3n) is 4.35. The molecular formula is C17H27N7OS. The summed E-state index contributed by atoms with van der Waals surface area (Å²) in [4.78, 5) is 12.7. The van der Waals surface area contributed by atoms with Gasteiger partial charge < -0.3 is 15.4 Å². The molecule has 9 heteroatoms. The number of aromatic nitrogens is 3. The predicted molar refractivity (Wildman–Crippen MR) is 103 cm³/mol. The lowest BCUT2D eigenvalue weighted by molar-refractivity contribution is 0.0177. The SMILES string of the molecule is CCNC(=NCc1ncnn1C)NCC(c1cccs1)N1CCOCC1. The second kappa shape index (κ2) is 9.65. The van der Waals surface area contributed by atoms with Crippen molar-refractivity contribution in [1.29, 1.82) is 0 Å². The summed E-state index contributed by atoms with van der Waals surface area (Å²) < 4.78 is 7.26. The molecule has 3 rings (SSSR count). The van der Waals surface area contributed by atoms with Crippen molar-refractivity contribution >= 4 is 17.3 Å². The molecule has 0 amide bonds. The molecule has 2 aromatic heterocycles. The Morgan fingerprint density at radius 3 is 2.88 bits per heavy atom. The molecule has 0 saturated carbocycles. The second-order valence-electron chi connectivity index (χ2n) is 6.06. The van der Waals surface area contributed by atoms with Crippen LogP contribution in [0.2, 0.25) is 0 Å². The van der Waals surface area contributed by atoms with Crippen LogP contribution in [0.25, 0.3) is 0 Å². The van der Waals surface area contributed by atoms with E-state index in [1.54, 1.807) is 22.3 Å². The normalized spacial score (nSPS) is 17.2. The number of aryl methyl sites for hydroxylation is 1. The Morgan fingerprint density at radius 1 is 1.38 bits per heavy atom. The molecule has 0 bridgehead atoms. The number of ether oxygens (including phenoxy) is 1. The molecule has 1 aliphatic heterocycles. The van der Waals surface area contributed by atoms with Crippen LogP contribution in [-0.4, -0.2) is 65.0 Å². The molecule has 0 radical (unpaired) electrons. The number of nitrogens with one attached hydrogen (secondary N) is 2. The molecule has 2 aromatic rings. The third-order valence-corrected chi connectivity index (χ3v) is 5.32. The number of nitrogens with zero attached hydrogens (tertiary/aromatic N) is 5. The Morgan fingerprint density at radius 2 is 2.23 bits per heavy atom. The van der Waals surface area contributed by atoms with E-state index in [0.29, 0.717) is 12.6 Å². The van der Waals surface area contributed by atoms with Gasteiger partial charge in [0, 0.05) is 38.1 Å². The zero-order valence-electron chi connectivity index (χ0n) is 15.4. The maximum Gasteiger partial charge on any atom is 0.191 e. The first kappa shape index (κ1) is 18.8. The van der Waals surface area contributed by atoms with E-state index in [9.17, 15) is 0 Å². The summed E-state index contributed by atoms with van der Waals surface area (Å²) in [6.07, 6.45) is 1.55. The first-order valence-electron chi connectivity index (χ1n) is 8.98. The fourth-order valence-electron chi connectivity index (χ4n) is 2.93. The molecule has 1 fully saturated rings. The van der Waals surface area contributed by atoms with Gasteiger partial charge in [-0.05, 0) is 18.4 Å². The molecule has 142 valence electrons. The van der Waals surface area contributed by atoms with Gasteiger partial charge in [0.1, 0.15) is 18.7 Å². The summed E-state index contributed by atoms with van der Waals surface area (Å²) in [5.74, 6) is 1.63. The van der Waals surface area contributed by atoms with Crippen LogP contribution in [0, 0.1) is 0 Å². The summed E-state index contributed by atoms with van der Waals surface area (Å²) in [6, 6.07) is 4.63. The van der Waals surface area contributed by atoms with Gasteiger partial charge >= 0.3 is 0 Å². The highest BCUT2D eigenvalue weighted by Gasteiger charge is 2.23. The monoisotopic (exact) mass is 377 g/mol. The van der Waals surface area contributed by atoms with Crippen molar-refractivity contribution in [2.75, 3.05) is 39.4 Å². The highest BCUT2D eigenvalue weighted by Crippen LogP contribution is 2.25. The number of morpholine rings is 1. The van der Waals surface area contributed by atoms with E-state index in [4.69, 9.17) is 4.74 Å². The van der Waals surface area contributed by atoms with Crippen LogP contribution in [-0.2, 0) is 18.3 Å². The van der Waals surface area contributed by atoms with Gasteiger partial charge in [-0.3, -0.25) is 9.58 Å². The Balaban J connectivity index is 1.65. The van der Waals surface area contributed by atoms with Crippen LogP contribution in [0.5, 0.6) is 0 Å². The second-order valence-corrected chi connectivity index (χ2v) is 7.03. The quantitative estimate of drug-likeness (QED) is 0.554. The van der Waals surface area contributed by atoms with E-state index in [1.165, 1.54) is 4.88 Å². The van der Waals surface area contributed by atoms with Crippen molar-refractivity contribution in [2.45, 2.75) is 19.5 Å².